The molecule has 0 saturated carbocycles. The molecule has 0 spiro atoms. The number of ether oxygens (including phenoxy) is 6. The number of allylic oxidation sites excluding steroid dienone is 2. The fourth-order valence-corrected chi connectivity index (χ4v) is 5.67. The van der Waals surface area contributed by atoms with Crippen LogP contribution in [0.15, 0.2) is 12.2 Å². The van der Waals surface area contributed by atoms with E-state index in [2.05, 4.69) is 12.2 Å². The summed E-state index contributed by atoms with van der Waals surface area (Å²) in [5, 5.41) is 61.7. The topological polar surface area (TPSA) is 228 Å². The summed E-state index contributed by atoms with van der Waals surface area (Å²) in [5.41, 5.74) is 0. The summed E-state index contributed by atoms with van der Waals surface area (Å²) in [6.45, 7) is 3.35. The van der Waals surface area contributed by atoms with Gasteiger partial charge in [-0.3, -0.25) is 14.4 Å². The molecule has 2 saturated heterocycles. The standard InChI is InChI=1S/C34H58O15/c1-21(17-15-13-11-9-7-5-4-6-8-10-12-14-16-18-26(37)38)46-34-32(30(42)28(40)25(48-34)20-45-23(3)36)49-33-31(43)29(41)27(39)24(47-33)19-44-22(2)35/h4-5,21,24-25,27-34,39-43H,6-20H2,1-3H3,(H,37,38)/b5-4-/t21?,24?,25?,27-,28-,29+,30+,31?,32?,33+,34-/m1/s1. The quantitative estimate of drug-likeness (QED) is 0.0506. The highest BCUT2D eigenvalue weighted by Gasteiger charge is 2.51. The Balaban J connectivity index is 1.85. The molecule has 2 aliphatic heterocycles. The van der Waals surface area contributed by atoms with Gasteiger partial charge >= 0.3 is 17.9 Å². The lowest BCUT2D eigenvalue weighted by atomic mass is 9.97. The number of carboxylic acid groups (broad SMARTS) is 1. The molecule has 2 rings (SSSR count). The minimum atomic E-state index is -1.78. The third-order valence-corrected chi connectivity index (χ3v) is 8.53. The van der Waals surface area contributed by atoms with E-state index in [9.17, 15) is 39.9 Å². The number of esters is 2. The van der Waals surface area contributed by atoms with Gasteiger partial charge in [0.2, 0.25) is 0 Å². The molecule has 0 amide bonds. The molecule has 0 aromatic carbocycles. The molecule has 2 fully saturated rings. The molecule has 0 bridgehead atoms. The Morgan fingerprint density at radius 1 is 0.653 bits per heavy atom. The van der Waals surface area contributed by atoms with Crippen molar-refractivity contribution in [3.8, 4) is 0 Å². The first kappa shape index (κ1) is 43.0. The zero-order chi connectivity index (χ0) is 36.3. The van der Waals surface area contributed by atoms with Crippen LogP contribution in [0, 0.1) is 0 Å². The van der Waals surface area contributed by atoms with Gasteiger partial charge in [0.05, 0.1) is 6.10 Å². The van der Waals surface area contributed by atoms with Crippen molar-refractivity contribution in [1.82, 2.24) is 0 Å². The smallest absolute Gasteiger partial charge is 0.303 e. The lowest BCUT2D eigenvalue weighted by Crippen LogP contribution is -2.65. The van der Waals surface area contributed by atoms with Gasteiger partial charge in [0, 0.05) is 20.3 Å². The first-order valence-electron chi connectivity index (χ1n) is 17.5. The SMILES string of the molecule is CC(=O)OCC1O[C@@H](OC2[C@H](OC(C)CCCCCC/C=C\CCCCCCCC(=O)O)OC(COC(C)=O)[C@@H](O)[C@@H]2O)C(O)[C@@H](O)[C@@H]1O. The predicted octanol–water partition coefficient (Wildman–Crippen LogP) is 1.87. The number of carbonyl (C=O) groups is 3. The number of carbonyl (C=O) groups excluding carboxylic acids is 2. The monoisotopic (exact) mass is 706 g/mol. The van der Waals surface area contributed by atoms with Crippen molar-refractivity contribution < 1.29 is 73.4 Å². The van der Waals surface area contributed by atoms with Crippen LogP contribution in [0.2, 0.25) is 0 Å². The van der Waals surface area contributed by atoms with Crippen molar-refractivity contribution in [3.05, 3.63) is 12.2 Å². The summed E-state index contributed by atoms with van der Waals surface area (Å²) in [4.78, 5) is 33.2. The van der Waals surface area contributed by atoms with E-state index < -0.39 is 92.0 Å². The maximum atomic E-state index is 11.4. The number of hydrogen-bond acceptors (Lipinski definition) is 14. The molecule has 2 aliphatic rings. The highest BCUT2D eigenvalue weighted by molar-refractivity contribution is 5.66. The van der Waals surface area contributed by atoms with Crippen molar-refractivity contribution >= 4 is 17.9 Å². The maximum Gasteiger partial charge on any atom is 0.303 e. The van der Waals surface area contributed by atoms with E-state index in [1.807, 2.05) is 6.92 Å². The molecule has 284 valence electrons. The summed E-state index contributed by atoms with van der Waals surface area (Å²) >= 11 is 0. The molecule has 0 radical (unpaired) electrons. The third-order valence-electron chi connectivity index (χ3n) is 8.53. The molecule has 49 heavy (non-hydrogen) atoms. The Labute approximate surface area is 288 Å². The average molecular weight is 707 g/mol. The van der Waals surface area contributed by atoms with Crippen LogP contribution >= 0.6 is 0 Å². The number of aliphatic carboxylic acids is 1. The van der Waals surface area contributed by atoms with Crippen LogP contribution in [0.5, 0.6) is 0 Å². The van der Waals surface area contributed by atoms with Gasteiger partial charge in [-0.25, -0.2) is 0 Å². The number of hydrogen-bond donors (Lipinski definition) is 6. The Bertz CT molecular complexity index is 993. The van der Waals surface area contributed by atoms with Gasteiger partial charge in [0.1, 0.15) is 62.0 Å². The molecule has 5 unspecified atom stereocenters. The Morgan fingerprint density at radius 3 is 1.69 bits per heavy atom. The van der Waals surface area contributed by atoms with Gasteiger partial charge in [-0.05, 0) is 45.4 Å². The van der Waals surface area contributed by atoms with Gasteiger partial charge in [-0.15, -0.1) is 0 Å². The summed E-state index contributed by atoms with van der Waals surface area (Å²) < 4.78 is 33.3. The van der Waals surface area contributed by atoms with Crippen LogP contribution < -0.4 is 0 Å². The van der Waals surface area contributed by atoms with Crippen LogP contribution in [0.3, 0.4) is 0 Å². The molecule has 15 nitrogen and oxygen atoms in total. The third kappa shape index (κ3) is 16.1. The van der Waals surface area contributed by atoms with E-state index in [1.54, 1.807) is 0 Å². The largest absolute Gasteiger partial charge is 0.481 e. The van der Waals surface area contributed by atoms with Crippen molar-refractivity contribution in [3.63, 3.8) is 0 Å². The highest BCUT2D eigenvalue weighted by Crippen LogP contribution is 2.31. The van der Waals surface area contributed by atoms with Crippen molar-refractivity contribution in [2.24, 2.45) is 0 Å². The van der Waals surface area contributed by atoms with Crippen LogP contribution in [-0.4, -0.2) is 129 Å². The lowest BCUT2D eigenvalue weighted by molar-refractivity contribution is -0.371. The highest BCUT2D eigenvalue weighted by atomic mass is 16.8. The molecular formula is C34H58O15. The van der Waals surface area contributed by atoms with Gasteiger partial charge in [0.25, 0.3) is 0 Å². The molecule has 6 N–H and O–H groups in total. The first-order valence-corrected chi connectivity index (χ1v) is 17.5. The fourth-order valence-electron chi connectivity index (χ4n) is 5.67. The molecule has 0 aliphatic carbocycles. The van der Waals surface area contributed by atoms with Crippen molar-refractivity contribution in [2.45, 2.75) is 172 Å². The maximum absolute atomic E-state index is 11.4. The van der Waals surface area contributed by atoms with E-state index in [0.29, 0.717) is 6.42 Å². The molecule has 15 heteroatoms. The van der Waals surface area contributed by atoms with E-state index in [0.717, 1.165) is 77.6 Å². The second kappa shape index (κ2) is 23.3. The summed E-state index contributed by atoms with van der Waals surface area (Å²) in [6, 6.07) is 0. The average Bonchev–Trinajstić information content (AvgIpc) is 3.04. The summed E-state index contributed by atoms with van der Waals surface area (Å²) in [6.07, 6.45) is 0.603. The van der Waals surface area contributed by atoms with Crippen molar-refractivity contribution in [1.29, 1.82) is 0 Å². The Kier molecular flexibility index (Phi) is 20.4. The Morgan fingerprint density at radius 2 is 1.14 bits per heavy atom. The van der Waals surface area contributed by atoms with Crippen LogP contribution in [-0.2, 0) is 42.8 Å². The van der Waals surface area contributed by atoms with Crippen molar-refractivity contribution in [2.75, 3.05) is 13.2 Å². The lowest BCUT2D eigenvalue weighted by Gasteiger charge is -2.46. The minimum absolute atomic E-state index is 0.245. The molecular weight excluding hydrogens is 648 g/mol. The fraction of sp³-hybridized carbons (Fsp3) is 0.853. The zero-order valence-corrected chi connectivity index (χ0v) is 29.0. The Hall–Kier alpha value is -2.21. The molecule has 0 aromatic rings. The molecule has 11 atom stereocenters. The first-order chi connectivity index (χ1) is 23.3. The van der Waals surface area contributed by atoms with Crippen LogP contribution in [0.1, 0.15) is 104 Å². The zero-order valence-electron chi connectivity index (χ0n) is 29.0. The van der Waals surface area contributed by atoms with E-state index in [-0.39, 0.29) is 13.0 Å². The predicted molar refractivity (Wildman–Crippen MR) is 173 cm³/mol. The summed E-state index contributed by atoms with van der Waals surface area (Å²) in [7, 11) is 0. The number of aliphatic hydroxyl groups is 5. The second-order valence-electron chi connectivity index (χ2n) is 12.9. The van der Waals surface area contributed by atoms with Gasteiger partial charge in [-0.2, -0.15) is 0 Å². The second-order valence-corrected chi connectivity index (χ2v) is 12.9. The van der Waals surface area contributed by atoms with E-state index >= 15 is 0 Å². The van der Waals surface area contributed by atoms with Gasteiger partial charge in [-0.1, -0.05) is 50.7 Å². The van der Waals surface area contributed by atoms with Crippen LogP contribution in [0.4, 0.5) is 0 Å². The van der Waals surface area contributed by atoms with E-state index in [4.69, 9.17) is 33.5 Å². The number of rotatable bonds is 23. The van der Waals surface area contributed by atoms with Gasteiger partial charge < -0.3 is 59.1 Å². The van der Waals surface area contributed by atoms with E-state index in [1.165, 1.54) is 6.92 Å². The minimum Gasteiger partial charge on any atom is -0.481 e. The normalized spacial score (nSPS) is 31.0. The summed E-state index contributed by atoms with van der Waals surface area (Å²) in [5.74, 6) is -2.00. The molecule has 0 aromatic heterocycles. The van der Waals surface area contributed by atoms with Gasteiger partial charge in [0.15, 0.2) is 12.6 Å². The number of carboxylic acids is 1. The number of unbranched alkanes of at least 4 members (excludes halogenated alkanes) is 9. The molecule has 2 heterocycles. The number of aliphatic hydroxyl groups excluding tert-OH is 5. The van der Waals surface area contributed by atoms with Crippen LogP contribution in [0.25, 0.3) is 0 Å².